The van der Waals surface area contributed by atoms with E-state index in [1.54, 1.807) is 36.4 Å². The molecule has 0 spiro atoms. The van der Waals surface area contributed by atoms with Gasteiger partial charge in [0.05, 0.1) is 12.6 Å². The molecule has 0 aliphatic carbocycles. The highest BCUT2D eigenvalue weighted by Gasteiger charge is 2.25. The van der Waals surface area contributed by atoms with Crippen LogP contribution in [0, 0.1) is 0 Å². The number of amides is 3. The second-order valence-electron chi connectivity index (χ2n) is 8.38. The van der Waals surface area contributed by atoms with Crippen molar-refractivity contribution in [2.45, 2.75) is 32.0 Å². The summed E-state index contributed by atoms with van der Waals surface area (Å²) in [7, 11) is 0. The first-order valence-electron chi connectivity index (χ1n) is 11.5. The maximum absolute atomic E-state index is 12.4. The molecule has 0 aromatic heterocycles. The van der Waals surface area contributed by atoms with Crippen molar-refractivity contribution in [2.24, 2.45) is 0 Å². The van der Waals surface area contributed by atoms with Gasteiger partial charge < -0.3 is 21.1 Å². The van der Waals surface area contributed by atoms with Crippen LogP contribution in [0.5, 0.6) is 0 Å². The summed E-state index contributed by atoms with van der Waals surface area (Å²) in [6.07, 6.45) is -1.19. The molecule has 0 fully saturated rings. The number of carbonyl (C=O) groups is 3. The van der Waals surface area contributed by atoms with Gasteiger partial charge in [0.2, 0.25) is 5.91 Å². The standard InChI is InChI=1S/C27H30N4O5/c1-17(19-6-4-3-5-7-19)28-16-24(33)29-23-14-12-21(13-15-23)20-8-10-22(11-9-20)26(34)30-25(18(2)32)27(35)31-36/h3-15,17-18,25,28,32,36H,16H2,1-2H3,(H,29,33)(H,30,34)(H,31,35)/t17-,18+,25-/m0/s1. The number of aliphatic hydroxyl groups is 1. The number of anilines is 1. The van der Waals surface area contributed by atoms with Gasteiger partial charge in [-0.05, 0) is 54.8 Å². The third-order valence-corrected chi connectivity index (χ3v) is 5.68. The molecule has 0 aliphatic rings. The number of rotatable bonds is 10. The lowest BCUT2D eigenvalue weighted by Gasteiger charge is -2.19. The van der Waals surface area contributed by atoms with Crippen molar-refractivity contribution in [2.75, 3.05) is 11.9 Å². The molecule has 3 amide bonds. The first-order valence-corrected chi connectivity index (χ1v) is 11.5. The smallest absolute Gasteiger partial charge is 0.268 e. The Bertz CT molecular complexity index is 1170. The van der Waals surface area contributed by atoms with Crippen molar-refractivity contribution in [3.63, 3.8) is 0 Å². The predicted molar refractivity (Wildman–Crippen MR) is 136 cm³/mol. The molecule has 9 nitrogen and oxygen atoms in total. The van der Waals surface area contributed by atoms with E-state index in [0.717, 1.165) is 16.7 Å². The van der Waals surface area contributed by atoms with Crippen molar-refractivity contribution in [1.29, 1.82) is 0 Å². The molecule has 188 valence electrons. The molecular formula is C27H30N4O5. The normalized spacial score (nSPS) is 13.2. The van der Waals surface area contributed by atoms with Crippen LogP contribution in [-0.4, -0.2) is 46.7 Å². The van der Waals surface area contributed by atoms with Gasteiger partial charge in [-0.3, -0.25) is 19.6 Å². The Morgan fingerprint density at radius 1 is 0.833 bits per heavy atom. The van der Waals surface area contributed by atoms with E-state index >= 15 is 0 Å². The second kappa shape index (κ2) is 12.6. The summed E-state index contributed by atoms with van der Waals surface area (Å²) in [4.78, 5) is 36.4. The third kappa shape index (κ3) is 7.22. The van der Waals surface area contributed by atoms with Crippen molar-refractivity contribution in [3.05, 3.63) is 90.0 Å². The SMILES string of the molecule is C[C@H](NCC(=O)Nc1ccc(-c2ccc(C(=O)N[C@H](C(=O)NO)[C@@H](C)O)cc2)cc1)c1ccccc1. The van der Waals surface area contributed by atoms with Crippen LogP contribution in [0.1, 0.15) is 35.8 Å². The predicted octanol–water partition coefficient (Wildman–Crippen LogP) is 2.63. The van der Waals surface area contributed by atoms with Crippen LogP contribution in [0.4, 0.5) is 5.69 Å². The first-order chi connectivity index (χ1) is 17.3. The van der Waals surface area contributed by atoms with Gasteiger partial charge >= 0.3 is 0 Å². The fourth-order valence-corrected chi connectivity index (χ4v) is 3.57. The summed E-state index contributed by atoms with van der Waals surface area (Å²) in [6, 6.07) is 22.7. The van der Waals surface area contributed by atoms with Gasteiger partial charge in [-0.15, -0.1) is 0 Å². The molecule has 9 heteroatoms. The molecule has 3 atom stereocenters. The van der Waals surface area contributed by atoms with Crippen molar-refractivity contribution < 1.29 is 24.7 Å². The van der Waals surface area contributed by atoms with Gasteiger partial charge in [-0.2, -0.15) is 0 Å². The zero-order chi connectivity index (χ0) is 26.1. The molecule has 3 aromatic carbocycles. The molecule has 0 saturated heterocycles. The summed E-state index contributed by atoms with van der Waals surface area (Å²) >= 11 is 0. The summed E-state index contributed by atoms with van der Waals surface area (Å²) < 4.78 is 0. The number of benzene rings is 3. The Kier molecular flexibility index (Phi) is 9.29. The van der Waals surface area contributed by atoms with Gasteiger partial charge in [0.25, 0.3) is 11.8 Å². The minimum absolute atomic E-state index is 0.0501. The van der Waals surface area contributed by atoms with Crippen LogP contribution < -0.4 is 21.4 Å². The number of hydrogen-bond donors (Lipinski definition) is 6. The average Bonchev–Trinajstić information content (AvgIpc) is 2.90. The maximum atomic E-state index is 12.4. The molecule has 0 aliphatic heterocycles. The molecular weight excluding hydrogens is 460 g/mol. The first kappa shape index (κ1) is 26.6. The lowest BCUT2D eigenvalue weighted by molar-refractivity contribution is -0.133. The van der Waals surface area contributed by atoms with Crippen LogP contribution >= 0.6 is 0 Å². The highest BCUT2D eigenvalue weighted by atomic mass is 16.5. The Morgan fingerprint density at radius 3 is 1.97 bits per heavy atom. The summed E-state index contributed by atoms with van der Waals surface area (Å²) in [5.41, 5.74) is 5.22. The van der Waals surface area contributed by atoms with E-state index in [2.05, 4.69) is 16.0 Å². The summed E-state index contributed by atoms with van der Waals surface area (Å²) in [5, 5.41) is 26.9. The summed E-state index contributed by atoms with van der Waals surface area (Å²) in [5.74, 6) is -1.63. The van der Waals surface area contributed by atoms with Crippen LogP contribution in [0.25, 0.3) is 11.1 Å². The molecule has 0 heterocycles. The maximum Gasteiger partial charge on any atom is 0.268 e. The third-order valence-electron chi connectivity index (χ3n) is 5.68. The van der Waals surface area contributed by atoms with E-state index in [4.69, 9.17) is 5.21 Å². The average molecular weight is 491 g/mol. The van der Waals surface area contributed by atoms with E-state index in [1.807, 2.05) is 49.4 Å². The molecule has 0 saturated carbocycles. The fraction of sp³-hybridized carbons (Fsp3) is 0.222. The summed E-state index contributed by atoms with van der Waals surface area (Å²) in [6.45, 7) is 3.51. The van der Waals surface area contributed by atoms with E-state index in [-0.39, 0.29) is 24.1 Å². The molecule has 0 bridgehead atoms. The Hall–Kier alpha value is -4.05. The number of carbonyl (C=O) groups excluding carboxylic acids is 3. The Labute approximate surface area is 209 Å². The van der Waals surface area contributed by atoms with Gasteiger partial charge in [0.15, 0.2) is 0 Å². The zero-order valence-electron chi connectivity index (χ0n) is 20.1. The molecule has 6 N–H and O–H groups in total. The molecule has 3 aromatic rings. The van der Waals surface area contributed by atoms with Crippen molar-refractivity contribution in [3.8, 4) is 11.1 Å². The van der Waals surface area contributed by atoms with Gasteiger partial charge in [0.1, 0.15) is 6.04 Å². The fourth-order valence-electron chi connectivity index (χ4n) is 3.57. The van der Waals surface area contributed by atoms with E-state index in [0.29, 0.717) is 5.69 Å². The zero-order valence-corrected chi connectivity index (χ0v) is 20.1. The number of nitrogens with one attached hydrogen (secondary N) is 4. The highest BCUT2D eigenvalue weighted by Crippen LogP contribution is 2.22. The number of hydrogen-bond acceptors (Lipinski definition) is 6. The van der Waals surface area contributed by atoms with Crippen LogP contribution in [0.15, 0.2) is 78.9 Å². The lowest BCUT2D eigenvalue weighted by atomic mass is 10.0. The van der Waals surface area contributed by atoms with Gasteiger partial charge in [-0.25, -0.2) is 5.48 Å². The van der Waals surface area contributed by atoms with Gasteiger partial charge in [0, 0.05) is 17.3 Å². The quantitative estimate of drug-likeness (QED) is 0.191. The molecule has 36 heavy (non-hydrogen) atoms. The topological polar surface area (TPSA) is 140 Å². The van der Waals surface area contributed by atoms with Gasteiger partial charge in [-0.1, -0.05) is 54.6 Å². The highest BCUT2D eigenvalue weighted by molar-refractivity contribution is 5.98. The monoisotopic (exact) mass is 490 g/mol. The van der Waals surface area contributed by atoms with E-state index in [9.17, 15) is 19.5 Å². The number of hydroxylamine groups is 1. The molecule has 0 unspecified atom stereocenters. The van der Waals surface area contributed by atoms with Crippen molar-refractivity contribution in [1.82, 2.24) is 16.1 Å². The second-order valence-corrected chi connectivity index (χ2v) is 8.38. The molecule has 0 radical (unpaired) electrons. The van der Waals surface area contributed by atoms with E-state index < -0.39 is 24.0 Å². The lowest BCUT2D eigenvalue weighted by Crippen LogP contribution is -2.51. The Balaban J connectivity index is 1.55. The van der Waals surface area contributed by atoms with E-state index in [1.165, 1.54) is 12.4 Å². The van der Waals surface area contributed by atoms with Crippen molar-refractivity contribution >= 4 is 23.4 Å². The van der Waals surface area contributed by atoms with Crippen LogP contribution in [0.3, 0.4) is 0 Å². The largest absolute Gasteiger partial charge is 0.391 e. The molecule has 3 rings (SSSR count). The Morgan fingerprint density at radius 2 is 1.42 bits per heavy atom. The number of aliphatic hydroxyl groups excluding tert-OH is 1. The van der Waals surface area contributed by atoms with Crippen LogP contribution in [-0.2, 0) is 9.59 Å². The minimum Gasteiger partial charge on any atom is -0.391 e. The minimum atomic E-state index is -1.29. The van der Waals surface area contributed by atoms with Crippen LogP contribution in [0.2, 0.25) is 0 Å².